The molecule has 0 radical (unpaired) electrons. The molecule has 0 aromatic rings. The molecule has 0 unspecified atom stereocenters. The predicted molar refractivity (Wildman–Crippen MR) is 51.1 cm³/mol. The lowest BCUT2D eigenvalue weighted by Gasteiger charge is -2.10. The van der Waals surface area contributed by atoms with Crippen LogP contribution in [0.15, 0.2) is 35.8 Å². The van der Waals surface area contributed by atoms with Gasteiger partial charge in [-0.2, -0.15) is 0 Å². The quantitative estimate of drug-likeness (QED) is 0.502. The number of aliphatic hydroxyl groups excluding tert-OH is 2. The van der Waals surface area contributed by atoms with Crippen LogP contribution in [0.2, 0.25) is 0 Å². The van der Waals surface area contributed by atoms with Crippen molar-refractivity contribution >= 4 is 0 Å². The molecule has 0 aliphatic rings. The fourth-order valence-corrected chi connectivity index (χ4v) is 0.628. The lowest BCUT2D eigenvalue weighted by atomic mass is 10.0. The van der Waals surface area contributed by atoms with Crippen molar-refractivity contribution in [1.29, 1.82) is 0 Å². The first kappa shape index (κ1) is 10.8. The van der Waals surface area contributed by atoms with Gasteiger partial charge < -0.3 is 10.2 Å². The largest absolute Gasteiger partial charge is 0.504 e. The molecule has 0 saturated carbocycles. The van der Waals surface area contributed by atoms with Crippen LogP contribution >= 0.6 is 0 Å². The number of aliphatic hydroxyl groups is 2. The van der Waals surface area contributed by atoms with E-state index in [2.05, 4.69) is 13.2 Å². The zero-order valence-corrected chi connectivity index (χ0v) is 7.89. The molecule has 2 nitrogen and oxygen atoms in total. The molecule has 0 atom stereocenters. The van der Waals surface area contributed by atoms with Crippen LogP contribution in [0.1, 0.15) is 20.8 Å². The number of allylic oxidation sites excluding steroid dienone is 2. The van der Waals surface area contributed by atoms with Crippen molar-refractivity contribution in [2.75, 3.05) is 0 Å². The van der Waals surface area contributed by atoms with Gasteiger partial charge in [-0.25, -0.2) is 0 Å². The summed E-state index contributed by atoms with van der Waals surface area (Å²) in [6, 6.07) is 0. The Labute approximate surface area is 73.5 Å². The Morgan fingerprint density at radius 3 is 1.75 bits per heavy atom. The van der Waals surface area contributed by atoms with Gasteiger partial charge in [-0.3, -0.25) is 0 Å². The van der Waals surface area contributed by atoms with Crippen molar-refractivity contribution in [2.45, 2.75) is 20.8 Å². The lowest BCUT2D eigenvalue weighted by molar-refractivity contribution is 0.335. The smallest absolute Gasteiger partial charge is 0.160 e. The molecule has 0 aromatic heterocycles. The fraction of sp³-hybridized carbons (Fsp3) is 0.400. The van der Waals surface area contributed by atoms with Gasteiger partial charge in [0.05, 0.1) is 0 Å². The summed E-state index contributed by atoms with van der Waals surface area (Å²) in [6.07, 6.45) is 0. The van der Waals surface area contributed by atoms with Crippen LogP contribution in [0, 0.1) is 5.92 Å². The highest BCUT2D eigenvalue weighted by Gasteiger charge is 2.10. The van der Waals surface area contributed by atoms with E-state index in [4.69, 9.17) is 0 Å². The molecule has 0 bridgehead atoms. The number of hydrogen-bond donors (Lipinski definition) is 2. The highest BCUT2D eigenvalue weighted by atomic mass is 16.3. The van der Waals surface area contributed by atoms with Gasteiger partial charge in [-0.15, -0.1) is 0 Å². The molecule has 0 heterocycles. The van der Waals surface area contributed by atoms with E-state index in [-0.39, 0.29) is 17.4 Å². The van der Waals surface area contributed by atoms with Crippen molar-refractivity contribution in [3.05, 3.63) is 35.8 Å². The van der Waals surface area contributed by atoms with Gasteiger partial charge in [0, 0.05) is 0 Å². The first-order chi connectivity index (χ1) is 5.37. The third-order valence-corrected chi connectivity index (χ3v) is 1.63. The van der Waals surface area contributed by atoms with E-state index in [1.807, 2.05) is 13.8 Å². The number of hydrogen-bond acceptors (Lipinski definition) is 2. The first-order valence-corrected chi connectivity index (χ1v) is 3.85. The lowest BCUT2D eigenvalue weighted by Crippen LogP contribution is -2.00. The Kier molecular flexibility index (Phi) is 3.61. The molecule has 0 fully saturated rings. The molecule has 0 rings (SSSR count). The second-order valence-corrected chi connectivity index (χ2v) is 3.16. The van der Waals surface area contributed by atoms with E-state index in [1.165, 1.54) is 0 Å². The first-order valence-electron chi connectivity index (χ1n) is 3.85. The zero-order valence-electron chi connectivity index (χ0n) is 7.89. The fourth-order valence-electron chi connectivity index (χ4n) is 0.628. The van der Waals surface area contributed by atoms with E-state index in [0.717, 1.165) is 0 Å². The van der Waals surface area contributed by atoms with Gasteiger partial charge in [0.1, 0.15) is 0 Å². The summed E-state index contributed by atoms with van der Waals surface area (Å²) in [5, 5.41) is 18.7. The van der Waals surface area contributed by atoms with Crippen molar-refractivity contribution in [3.63, 3.8) is 0 Å². The summed E-state index contributed by atoms with van der Waals surface area (Å²) >= 11 is 0. The molecule has 2 heteroatoms. The summed E-state index contributed by atoms with van der Waals surface area (Å²) in [7, 11) is 0. The molecular weight excluding hydrogens is 152 g/mol. The Morgan fingerprint density at radius 2 is 1.50 bits per heavy atom. The summed E-state index contributed by atoms with van der Waals surface area (Å²) < 4.78 is 0. The van der Waals surface area contributed by atoms with Crippen LogP contribution < -0.4 is 0 Å². The highest BCUT2D eigenvalue weighted by Crippen LogP contribution is 2.19. The summed E-state index contributed by atoms with van der Waals surface area (Å²) in [5.41, 5.74) is 0.963. The second-order valence-electron chi connectivity index (χ2n) is 3.16. The predicted octanol–water partition coefficient (Wildman–Crippen LogP) is 3.10. The van der Waals surface area contributed by atoms with Gasteiger partial charge in [0.15, 0.2) is 11.5 Å². The average Bonchev–Trinajstić information content (AvgIpc) is 2.00. The van der Waals surface area contributed by atoms with Gasteiger partial charge in [0.25, 0.3) is 0 Å². The van der Waals surface area contributed by atoms with Gasteiger partial charge in [-0.1, -0.05) is 27.0 Å². The molecule has 0 spiro atoms. The third kappa shape index (κ3) is 2.46. The summed E-state index contributed by atoms with van der Waals surface area (Å²) in [6.45, 7) is 12.6. The molecule has 0 aromatic carbocycles. The topological polar surface area (TPSA) is 40.5 Å². The Hall–Kier alpha value is -1.18. The van der Waals surface area contributed by atoms with Crippen LogP contribution in [0.5, 0.6) is 0 Å². The molecule has 0 aliphatic carbocycles. The molecule has 0 aliphatic heterocycles. The van der Waals surface area contributed by atoms with Crippen LogP contribution in [0.4, 0.5) is 0 Å². The van der Waals surface area contributed by atoms with Gasteiger partial charge in [0.2, 0.25) is 0 Å². The average molecular weight is 168 g/mol. The maximum atomic E-state index is 9.40. The van der Waals surface area contributed by atoms with Crippen LogP contribution in [-0.4, -0.2) is 10.2 Å². The summed E-state index contributed by atoms with van der Waals surface area (Å²) in [5.74, 6) is -0.210. The van der Waals surface area contributed by atoms with E-state index in [0.29, 0.717) is 11.1 Å². The van der Waals surface area contributed by atoms with E-state index < -0.39 is 0 Å². The monoisotopic (exact) mass is 168 g/mol. The standard InChI is InChI=1S/C10H16O2/c1-6(2)8(5)10(12)9(11)7(3)4/h6,11-12H,3,5H2,1-2,4H3/b10-9-. The Bertz CT molecular complexity index is 234. The molecule has 68 valence electrons. The third-order valence-electron chi connectivity index (χ3n) is 1.63. The molecule has 2 N–H and O–H groups in total. The maximum absolute atomic E-state index is 9.40. The van der Waals surface area contributed by atoms with E-state index >= 15 is 0 Å². The van der Waals surface area contributed by atoms with Gasteiger partial charge >= 0.3 is 0 Å². The van der Waals surface area contributed by atoms with E-state index in [9.17, 15) is 10.2 Å². The normalized spacial score (nSPS) is 12.7. The van der Waals surface area contributed by atoms with Crippen LogP contribution in [-0.2, 0) is 0 Å². The van der Waals surface area contributed by atoms with Crippen molar-refractivity contribution in [3.8, 4) is 0 Å². The molecule has 0 amide bonds. The number of rotatable bonds is 3. The Morgan fingerprint density at radius 1 is 1.08 bits per heavy atom. The summed E-state index contributed by atoms with van der Waals surface area (Å²) in [4.78, 5) is 0. The van der Waals surface area contributed by atoms with Crippen LogP contribution in [0.25, 0.3) is 0 Å². The Balaban J connectivity index is 4.79. The minimum atomic E-state index is -0.172. The zero-order chi connectivity index (χ0) is 9.89. The van der Waals surface area contributed by atoms with Crippen molar-refractivity contribution < 1.29 is 10.2 Å². The SMILES string of the molecule is C=C(C)/C(O)=C(/O)C(=C)C(C)C. The van der Waals surface area contributed by atoms with Gasteiger partial charge in [-0.05, 0) is 24.0 Å². The minimum absolute atomic E-state index is 0.117. The maximum Gasteiger partial charge on any atom is 0.160 e. The van der Waals surface area contributed by atoms with Crippen LogP contribution in [0.3, 0.4) is 0 Å². The van der Waals surface area contributed by atoms with E-state index in [1.54, 1.807) is 6.92 Å². The molecular formula is C10H16O2. The molecule has 12 heavy (non-hydrogen) atoms. The molecule has 0 saturated heterocycles. The van der Waals surface area contributed by atoms with Crippen molar-refractivity contribution in [1.82, 2.24) is 0 Å². The van der Waals surface area contributed by atoms with Crippen molar-refractivity contribution in [2.24, 2.45) is 5.92 Å². The minimum Gasteiger partial charge on any atom is -0.504 e. The second kappa shape index (κ2) is 4.00. The highest BCUT2D eigenvalue weighted by molar-refractivity contribution is 5.33.